The summed E-state index contributed by atoms with van der Waals surface area (Å²) in [5.41, 5.74) is 7.16. The van der Waals surface area contributed by atoms with E-state index in [0.717, 1.165) is 11.4 Å². The van der Waals surface area contributed by atoms with Crippen LogP contribution in [0.4, 0.5) is 0 Å². The Morgan fingerprint density at radius 2 is 2.05 bits per heavy atom. The van der Waals surface area contributed by atoms with E-state index in [1.807, 2.05) is 50.4 Å². The van der Waals surface area contributed by atoms with Crippen LogP contribution >= 0.6 is 0 Å². The fourth-order valence-electron chi connectivity index (χ4n) is 2.47. The Kier molecular flexibility index (Phi) is 3.90. The lowest BCUT2D eigenvalue weighted by Gasteiger charge is -2.28. The van der Waals surface area contributed by atoms with Gasteiger partial charge >= 0.3 is 5.97 Å². The zero-order valence-electron chi connectivity index (χ0n) is 11.7. The average molecular weight is 273 g/mol. The lowest BCUT2D eigenvalue weighted by molar-refractivity contribution is -0.143. The second-order valence-corrected chi connectivity index (χ2v) is 5.03. The highest BCUT2D eigenvalue weighted by molar-refractivity contribution is 5.82. The molecule has 106 valence electrons. The number of hydrogen-bond acceptors (Lipinski definition) is 3. The Morgan fingerprint density at radius 1 is 1.40 bits per heavy atom. The van der Waals surface area contributed by atoms with Gasteiger partial charge in [-0.05, 0) is 18.6 Å². The van der Waals surface area contributed by atoms with Crippen molar-refractivity contribution in [1.82, 2.24) is 9.78 Å². The number of rotatable bonds is 5. The van der Waals surface area contributed by atoms with Crippen molar-refractivity contribution in [3.05, 3.63) is 53.3 Å². The van der Waals surface area contributed by atoms with Gasteiger partial charge in [-0.25, -0.2) is 0 Å². The van der Waals surface area contributed by atoms with Gasteiger partial charge in [-0.2, -0.15) is 5.10 Å². The van der Waals surface area contributed by atoms with Crippen LogP contribution in [0.2, 0.25) is 0 Å². The van der Waals surface area contributed by atoms with E-state index in [-0.39, 0.29) is 6.54 Å². The molecule has 0 saturated carbocycles. The Hall–Kier alpha value is -2.14. The number of aromatic nitrogens is 2. The molecule has 0 amide bonds. The maximum absolute atomic E-state index is 11.9. The van der Waals surface area contributed by atoms with Crippen molar-refractivity contribution in [3.8, 4) is 0 Å². The number of aryl methyl sites for hydroxylation is 2. The van der Waals surface area contributed by atoms with Crippen LogP contribution in [0.15, 0.2) is 36.4 Å². The first-order valence-electron chi connectivity index (χ1n) is 6.48. The molecule has 2 aromatic rings. The topological polar surface area (TPSA) is 81.1 Å². The average Bonchev–Trinajstić information content (AvgIpc) is 2.74. The minimum atomic E-state index is -1.12. The highest BCUT2D eigenvalue weighted by Gasteiger charge is 2.40. The first kappa shape index (κ1) is 14.3. The van der Waals surface area contributed by atoms with Crippen molar-refractivity contribution < 1.29 is 9.90 Å². The quantitative estimate of drug-likeness (QED) is 0.859. The molecule has 0 aliphatic carbocycles. The Labute approximate surface area is 118 Å². The molecule has 1 unspecified atom stereocenters. The lowest BCUT2D eigenvalue weighted by atomic mass is 9.76. The van der Waals surface area contributed by atoms with Gasteiger partial charge in [0.1, 0.15) is 5.41 Å². The van der Waals surface area contributed by atoms with E-state index in [1.54, 1.807) is 4.68 Å². The molecule has 0 radical (unpaired) electrons. The van der Waals surface area contributed by atoms with Crippen molar-refractivity contribution >= 4 is 5.97 Å². The van der Waals surface area contributed by atoms with Crippen LogP contribution in [-0.2, 0) is 23.7 Å². The smallest absolute Gasteiger partial charge is 0.315 e. The summed E-state index contributed by atoms with van der Waals surface area (Å²) in [6, 6.07) is 11.0. The fraction of sp³-hybridized carbons (Fsp3) is 0.333. The van der Waals surface area contributed by atoms with Crippen LogP contribution < -0.4 is 5.73 Å². The number of nitrogens with zero attached hydrogens (tertiary/aromatic N) is 2. The fourth-order valence-corrected chi connectivity index (χ4v) is 2.47. The normalized spacial score (nSPS) is 13.9. The standard InChI is InChI=1S/C15H19N3O2/c1-11-8-13(18(2)17-11)9-15(10-16,14(19)20)12-6-4-3-5-7-12/h3-8H,9-10,16H2,1-2H3,(H,19,20). The minimum absolute atomic E-state index is 0.0383. The van der Waals surface area contributed by atoms with Crippen LogP contribution in [0.1, 0.15) is 17.0 Å². The number of carbonyl (C=O) groups is 1. The predicted octanol–water partition coefficient (Wildman–Crippen LogP) is 1.25. The summed E-state index contributed by atoms with van der Waals surface area (Å²) in [6.07, 6.45) is 0.320. The second-order valence-electron chi connectivity index (χ2n) is 5.03. The summed E-state index contributed by atoms with van der Waals surface area (Å²) in [4.78, 5) is 11.9. The molecule has 1 aromatic heterocycles. The maximum atomic E-state index is 11.9. The minimum Gasteiger partial charge on any atom is -0.481 e. The van der Waals surface area contributed by atoms with E-state index < -0.39 is 11.4 Å². The van der Waals surface area contributed by atoms with E-state index in [1.165, 1.54) is 0 Å². The van der Waals surface area contributed by atoms with Crippen LogP contribution in [0.3, 0.4) is 0 Å². The number of nitrogens with two attached hydrogens (primary N) is 1. The predicted molar refractivity (Wildman–Crippen MR) is 76.5 cm³/mol. The van der Waals surface area contributed by atoms with Crippen molar-refractivity contribution in [2.75, 3.05) is 6.54 Å². The second kappa shape index (κ2) is 5.46. The molecule has 5 nitrogen and oxygen atoms in total. The van der Waals surface area contributed by atoms with E-state index >= 15 is 0 Å². The maximum Gasteiger partial charge on any atom is 0.315 e. The third kappa shape index (κ3) is 2.44. The molecule has 1 heterocycles. The SMILES string of the molecule is Cc1cc(CC(CN)(C(=O)O)c2ccccc2)n(C)n1. The van der Waals surface area contributed by atoms with Crippen LogP contribution in [0, 0.1) is 6.92 Å². The van der Waals surface area contributed by atoms with Crippen LogP contribution in [0.5, 0.6) is 0 Å². The molecule has 1 atom stereocenters. The number of benzene rings is 1. The van der Waals surface area contributed by atoms with Crippen molar-refractivity contribution in [2.24, 2.45) is 12.8 Å². The number of carboxylic acid groups (broad SMARTS) is 1. The van der Waals surface area contributed by atoms with Gasteiger partial charge in [0, 0.05) is 25.7 Å². The van der Waals surface area contributed by atoms with Crippen molar-refractivity contribution in [1.29, 1.82) is 0 Å². The number of carboxylic acids is 1. The Bertz CT molecular complexity index is 607. The van der Waals surface area contributed by atoms with Crippen molar-refractivity contribution in [2.45, 2.75) is 18.8 Å². The molecule has 20 heavy (non-hydrogen) atoms. The van der Waals surface area contributed by atoms with Gasteiger partial charge in [-0.1, -0.05) is 30.3 Å². The van der Waals surface area contributed by atoms with E-state index in [0.29, 0.717) is 12.0 Å². The van der Waals surface area contributed by atoms with Crippen LogP contribution in [0.25, 0.3) is 0 Å². The van der Waals surface area contributed by atoms with Gasteiger partial charge in [0.05, 0.1) is 5.69 Å². The molecule has 0 bridgehead atoms. The monoisotopic (exact) mass is 273 g/mol. The molecule has 0 aliphatic rings. The van der Waals surface area contributed by atoms with Gasteiger partial charge in [0.25, 0.3) is 0 Å². The first-order chi connectivity index (χ1) is 9.49. The molecule has 0 fully saturated rings. The van der Waals surface area contributed by atoms with E-state index in [4.69, 9.17) is 5.73 Å². The summed E-state index contributed by atoms with van der Waals surface area (Å²) in [5.74, 6) is -0.912. The number of aliphatic carboxylic acids is 1. The molecular weight excluding hydrogens is 254 g/mol. The molecular formula is C15H19N3O2. The van der Waals surface area contributed by atoms with Crippen molar-refractivity contribution in [3.63, 3.8) is 0 Å². The Balaban J connectivity index is 2.48. The van der Waals surface area contributed by atoms with Gasteiger partial charge in [0.15, 0.2) is 0 Å². The first-order valence-corrected chi connectivity index (χ1v) is 6.48. The molecule has 0 aliphatic heterocycles. The summed E-state index contributed by atoms with van der Waals surface area (Å²) < 4.78 is 1.71. The van der Waals surface area contributed by atoms with Gasteiger partial charge in [0.2, 0.25) is 0 Å². The summed E-state index contributed by atoms with van der Waals surface area (Å²) in [6.45, 7) is 1.92. The summed E-state index contributed by atoms with van der Waals surface area (Å²) >= 11 is 0. The highest BCUT2D eigenvalue weighted by atomic mass is 16.4. The molecule has 5 heteroatoms. The summed E-state index contributed by atoms with van der Waals surface area (Å²) in [7, 11) is 1.82. The van der Waals surface area contributed by atoms with E-state index in [2.05, 4.69) is 5.10 Å². The zero-order chi connectivity index (χ0) is 14.8. The molecule has 3 N–H and O–H groups in total. The molecule has 1 aromatic carbocycles. The van der Waals surface area contributed by atoms with Crippen LogP contribution in [-0.4, -0.2) is 27.4 Å². The molecule has 0 spiro atoms. The van der Waals surface area contributed by atoms with Gasteiger partial charge in [-0.15, -0.1) is 0 Å². The molecule has 0 saturated heterocycles. The molecule has 2 rings (SSSR count). The van der Waals surface area contributed by atoms with E-state index in [9.17, 15) is 9.90 Å². The largest absolute Gasteiger partial charge is 0.481 e. The Morgan fingerprint density at radius 3 is 2.50 bits per heavy atom. The number of hydrogen-bond donors (Lipinski definition) is 2. The third-order valence-corrected chi connectivity index (χ3v) is 3.67. The third-order valence-electron chi connectivity index (χ3n) is 3.67. The highest BCUT2D eigenvalue weighted by Crippen LogP contribution is 2.28. The summed E-state index contributed by atoms with van der Waals surface area (Å²) in [5, 5.41) is 14.0. The zero-order valence-corrected chi connectivity index (χ0v) is 11.7. The van der Waals surface area contributed by atoms with Gasteiger partial charge in [-0.3, -0.25) is 9.48 Å². The lowest BCUT2D eigenvalue weighted by Crippen LogP contribution is -2.45. The van der Waals surface area contributed by atoms with Gasteiger partial charge < -0.3 is 10.8 Å².